The molecule has 1 aliphatic rings. The molecule has 0 fully saturated rings. The lowest BCUT2D eigenvalue weighted by atomic mass is 10.1. The number of carbonyl (C=O) groups is 4. The fourth-order valence-corrected chi connectivity index (χ4v) is 3.69. The highest BCUT2D eigenvalue weighted by Gasteiger charge is 2.44. The molecule has 1 N–H and O–H groups in total. The van der Waals surface area contributed by atoms with E-state index in [2.05, 4.69) is 15.3 Å². The third kappa shape index (κ3) is 5.00. The third-order valence-electron chi connectivity index (χ3n) is 4.82. The van der Waals surface area contributed by atoms with Gasteiger partial charge in [0, 0.05) is 33.3 Å². The lowest BCUT2D eigenvalue weighted by Gasteiger charge is -2.26. The summed E-state index contributed by atoms with van der Waals surface area (Å²) in [4.78, 5) is 65.7. The van der Waals surface area contributed by atoms with Gasteiger partial charge in [-0.2, -0.15) is 0 Å². The molecule has 2 heterocycles. The highest BCUT2D eigenvalue weighted by Crippen LogP contribution is 2.40. The van der Waals surface area contributed by atoms with Crippen molar-refractivity contribution in [1.82, 2.24) is 14.5 Å². The summed E-state index contributed by atoms with van der Waals surface area (Å²) < 4.78 is 17.2. The van der Waals surface area contributed by atoms with Crippen LogP contribution in [0.15, 0.2) is 24.2 Å². The first-order chi connectivity index (χ1) is 16.0. The molecule has 2 aromatic rings. The molecule has 2 aromatic heterocycles. The highest BCUT2D eigenvalue weighted by molar-refractivity contribution is 6.02. The number of aromatic nitrogens is 3. The van der Waals surface area contributed by atoms with E-state index >= 15 is 0 Å². The quantitative estimate of drug-likeness (QED) is 0.200. The molecule has 0 bridgehead atoms. The zero-order valence-electron chi connectivity index (χ0n) is 18.6. The lowest BCUT2D eigenvalue weighted by molar-refractivity contribution is -0.383. The van der Waals surface area contributed by atoms with E-state index in [4.69, 9.17) is 14.2 Å². The molecule has 34 heavy (non-hydrogen) atoms. The molecule has 180 valence electrons. The van der Waals surface area contributed by atoms with Gasteiger partial charge < -0.3 is 24.1 Å². The number of esters is 3. The fraction of sp³-hybridized carbons (Fsp3) is 0.400. The molecule has 14 heteroatoms. The van der Waals surface area contributed by atoms with Crippen molar-refractivity contribution in [2.75, 3.05) is 11.9 Å². The van der Waals surface area contributed by atoms with Crippen molar-refractivity contribution < 1.29 is 38.3 Å². The van der Waals surface area contributed by atoms with Gasteiger partial charge in [-0.3, -0.25) is 29.3 Å². The Kier molecular flexibility index (Phi) is 6.89. The lowest BCUT2D eigenvalue weighted by Crippen LogP contribution is -2.37. The third-order valence-corrected chi connectivity index (χ3v) is 4.82. The molecule has 1 aliphatic carbocycles. The summed E-state index contributed by atoms with van der Waals surface area (Å²) in [5.74, 6) is -2.56. The van der Waals surface area contributed by atoms with Gasteiger partial charge >= 0.3 is 17.9 Å². The predicted molar refractivity (Wildman–Crippen MR) is 113 cm³/mol. The molecule has 0 aromatic carbocycles. The number of amides is 1. The monoisotopic (exact) mass is 475 g/mol. The number of rotatable bonds is 7. The summed E-state index contributed by atoms with van der Waals surface area (Å²) in [7, 11) is 0. The Balaban J connectivity index is 2.21. The van der Waals surface area contributed by atoms with Gasteiger partial charge in [-0.05, 0) is 0 Å². The Hall–Kier alpha value is -4.36. The van der Waals surface area contributed by atoms with Crippen molar-refractivity contribution in [3.05, 3.63) is 34.3 Å². The molecule has 0 aliphatic heterocycles. The van der Waals surface area contributed by atoms with Gasteiger partial charge in [-0.25, -0.2) is 9.97 Å². The normalized spacial score (nSPS) is 19.3. The van der Waals surface area contributed by atoms with Crippen LogP contribution in [-0.4, -0.2) is 62.1 Å². The number of nitrogens with one attached hydrogen (secondary N) is 1. The minimum Gasteiger partial charge on any atom is -0.461 e. The van der Waals surface area contributed by atoms with Gasteiger partial charge in [0.05, 0.1) is 17.2 Å². The zero-order chi connectivity index (χ0) is 25.2. The van der Waals surface area contributed by atoms with E-state index in [0.29, 0.717) is 5.57 Å². The summed E-state index contributed by atoms with van der Waals surface area (Å²) in [5.41, 5.74) is -0.0479. The Bertz CT molecular complexity index is 1220. The van der Waals surface area contributed by atoms with E-state index in [1.54, 1.807) is 0 Å². The van der Waals surface area contributed by atoms with Crippen molar-refractivity contribution >= 4 is 46.4 Å². The van der Waals surface area contributed by atoms with E-state index in [1.807, 2.05) is 0 Å². The summed E-state index contributed by atoms with van der Waals surface area (Å²) >= 11 is 0. The summed E-state index contributed by atoms with van der Waals surface area (Å²) in [6.07, 6.45) is 1.51. The Morgan fingerprint density at radius 1 is 1.09 bits per heavy atom. The van der Waals surface area contributed by atoms with E-state index in [-0.39, 0.29) is 23.5 Å². The van der Waals surface area contributed by atoms with Crippen LogP contribution in [0.2, 0.25) is 0 Å². The van der Waals surface area contributed by atoms with E-state index < -0.39 is 52.7 Å². The van der Waals surface area contributed by atoms with E-state index in [1.165, 1.54) is 24.5 Å². The number of hydrogen-bond donors (Lipinski definition) is 1. The second-order valence-electron chi connectivity index (χ2n) is 7.40. The van der Waals surface area contributed by atoms with Crippen LogP contribution in [0.3, 0.4) is 0 Å². The predicted octanol–water partition coefficient (Wildman–Crippen LogP) is 1.21. The Labute approximate surface area is 192 Å². The maximum atomic E-state index is 11.9. The number of nitro groups is 1. The topological polar surface area (TPSA) is 182 Å². The fourth-order valence-electron chi connectivity index (χ4n) is 3.69. The van der Waals surface area contributed by atoms with Crippen LogP contribution in [0.25, 0.3) is 11.0 Å². The van der Waals surface area contributed by atoms with Crippen LogP contribution in [0.1, 0.15) is 33.7 Å². The van der Waals surface area contributed by atoms with Gasteiger partial charge in [-0.1, -0.05) is 6.08 Å². The zero-order valence-corrected chi connectivity index (χ0v) is 18.6. The SMILES string of the molecule is CC(=O)Nc1ncnc2c1c([N+](=O)[O-])cn2[C@@H]1C=C(COC(C)=O)[C@@H](OC(C)=O)[C@H]1OC(C)=O. The second-order valence-corrected chi connectivity index (χ2v) is 7.40. The van der Waals surface area contributed by atoms with Gasteiger partial charge in [0.2, 0.25) is 5.91 Å². The van der Waals surface area contributed by atoms with E-state index in [9.17, 15) is 29.3 Å². The van der Waals surface area contributed by atoms with Gasteiger partial charge in [-0.15, -0.1) is 0 Å². The van der Waals surface area contributed by atoms with Crippen LogP contribution >= 0.6 is 0 Å². The van der Waals surface area contributed by atoms with Crippen molar-refractivity contribution in [1.29, 1.82) is 0 Å². The average Bonchev–Trinajstić information content (AvgIpc) is 3.25. The highest BCUT2D eigenvalue weighted by atomic mass is 16.6. The van der Waals surface area contributed by atoms with Crippen molar-refractivity contribution in [3.63, 3.8) is 0 Å². The first-order valence-corrected chi connectivity index (χ1v) is 9.95. The minimum absolute atomic E-state index is 0.0462. The Morgan fingerprint density at radius 2 is 1.76 bits per heavy atom. The van der Waals surface area contributed by atoms with E-state index in [0.717, 1.165) is 26.4 Å². The number of anilines is 1. The number of hydrogen-bond acceptors (Lipinski definition) is 11. The number of carbonyl (C=O) groups excluding carboxylic acids is 4. The van der Waals surface area contributed by atoms with Crippen LogP contribution in [0.5, 0.6) is 0 Å². The molecular formula is C20H21N5O9. The molecule has 3 rings (SSSR count). The molecule has 3 atom stereocenters. The molecule has 0 radical (unpaired) electrons. The van der Waals surface area contributed by atoms with Crippen LogP contribution < -0.4 is 5.32 Å². The minimum atomic E-state index is -1.15. The molecule has 0 unspecified atom stereocenters. The number of ether oxygens (including phenoxy) is 3. The Morgan fingerprint density at radius 3 is 2.32 bits per heavy atom. The largest absolute Gasteiger partial charge is 0.461 e. The summed E-state index contributed by atoms with van der Waals surface area (Å²) in [6, 6.07) is -0.935. The standard InChI is InChI=1S/C20H21N5O9/c1-9(26)23-19-16-15(25(30)31)6-24(20(16)22-8-21-19)14-5-13(7-32-10(2)27)17(33-11(3)28)18(14)34-12(4)29/h5-6,8,14,17-18H,7H2,1-4H3,(H,21,22,23,26)/t14-,17-,18+/m1/s1. The first kappa shape index (κ1) is 24.3. The van der Waals surface area contributed by atoms with Crippen LogP contribution in [0.4, 0.5) is 11.5 Å². The molecule has 0 saturated heterocycles. The van der Waals surface area contributed by atoms with Gasteiger partial charge in [0.15, 0.2) is 23.7 Å². The second kappa shape index (κ2) is 9.64. The first-order valence-electron chi connectivity index (χ1n) is 9.95. The molecular weight excluding hydrogens is 454 g/mol. The summed E-state index contributed by atoms with van der Waals surface area (Å²) in [5, 5.41) is 14.2. The van der Waals surface area contributed by atoms with Crippen molar-refractivity contribution in [2.24, 2.45) is 0 Å². The van der Waals surface area contributed by atoms with Crippen LogP contribution in [0, 0.1) is 10.1 Å². The maximum absolute atomic E-state index is 11.9. The molecule has 0 saturated carbocycles. The maximum Gasteiger partial charge on any atom is 0.303 e. The van der Waals surface area contributed by atoms with Crippen molar-refractivity contribution in [3.8, 4) is 0 Å². The van der Waals surface area contributed by atoms with Gasteiger partial charge in [0.1, 0.15) is 18.3 Å². The summed E-state index contributed by atoms with van der Waals surface area (Å²) in [6.45, 7) is 4.46. The van der Waals surface area contributed by atoms with Gasteiger partial charge in [0.25, 0.3) is 5.69 Å². The molecule has 0 spiro atoms. The molecule has 1 amide bonds. The number of fused-ring (bicyclic) bond motifs is 1. The van der Waals surface area contributed by atoms with Crippen molar-refractivity contribution in [2.45, 2.75) is 45.9 Å². The van der Waals surface area contributed by atoms with Crippen LogP contribution in [-0.2, 0) is 33.4 Å². The number of nitrogens with zero attached hydrogens (tertiary/aromatic N) is 4. The molecule has 14 nitrogen and oxygen atoms in total. The smallest absolute Gasteiger partial charge is 0.303 e. The average molecular weight is 475 g/mol.